The molecule has 1 saturated heterocycles. The molecule has 142 valence electrons. The Balaban J connectivity index is 1.60. The maximum atomic E-state index is 13.0. The molecule has 3 nitrogen and oxygen atoms in total. The van der Waals surface area contributed by atoms with Gasteiger partial charge in [0.2, 0.25) is 0 Å². The van der Waals surface area contributed by atoms with Crippen LogP contribution in [0.15, 0.2) is 23.8 Å². The normalized spacial score (nSPS) is 51.2. The number of carbonyl (C=O) groups excluding carboxylic acids is 1. The van der Waals surface area contributed by atoms with E-state index in [0.717, 1.165) is 24.8 Å². The van der Waals surface area contributed by atoms with Crippen LogP contribution in [0.4, 0.5) is 0 Å². The van der Waals surface area contributed by atoms with Crippen LogP contribution in [0.3, 0.4) is 0 Å². The molecular weight excluding hydrogens is 344 g/mol. The number of fused-ring (bicyclic) bond motifs is 3. The van der Waals surface area contributed by atoms with Gasteiger partial charge in [0.15, 0.2) is 15.6 Å². The van der Waals surface area contributed by atoms with Crippen molar-refractivity contribution in [2.24, 2.45) is 34.5 Å². The third-order valence-corrected chi connectivity index (χ3v) is 11.4. The molecular formula is C22H30O3S. The Morgan fingerprint density at radius 1 is 1.19 bits per heavy atom. The second-order valence-electron chi connectivity index (χ2n) is 10.2. The fraction of sp³-hybridized carbons (Fsp3) is 0.773. The first-order chi connectivity index (χ1) is 12.2. The first kappa shape index (κ1) is 17.2. The number of hydrogen-bond donors (Lipinski definition) is 0. The van der Waals surface area contributed by atoms with Crippen molar-refractivity contribution in [2.75, 3.05) is 5.75 Å². The number of carbonyl (C=O) groups is 1. The molecule has 2 bridgehead atoms. The summed E-state index contributed by atoms with van der Waals surface area (Å²) in [7, 11) is -3.11. The summed E-state index contributed by atoms with van der Waals surface area (Å²) in [6, 6.07) is 0. The van der Waals surface area contributed by atoms with Gasteiger partial charge in [-0.25, -0.2) is 8.42 Å². The summed E-state index contributed by atoms with van der Waals surface area (Å²) in [5.74, 6) is 2.61. The summed E-state index contributed by atoms with van der Waals surface area (Å²) in [6.07, 6.45) is 8.54. The fourth-order valence-electron chi connectivity index (χ4n) is 8.24. The zero-order chi connectivity index (χ0) is 18.5. The fourth-order valence-corrected chi connectivity index (χ4v) is 10.9. The van der Waals surface area contributed by atoms with Crippen LogP contribution in [0, 0.1) is 34.5 Å². The molecule has 4 aliphatic carbocycles. The second-order valence-corrected chi connectivity index (χ2v) is 12.3. The highest BCUT2D eigenvalue weighted by Gasteiger charge is 2.67. The van der Waals surface area contributed by atoms with Gasteiger partial charge in [0.05, 0.1) is 11.0 Å². The smallest absolute Gasteiger partial charge is 0.157 e. The van der Waals surface area contributed by atoms with Crippen molar-refractivity contribution in [1.29, 1.82) is 0 Å². The summed E-state index contributed by atoms with van der Waals surface area (Å²) < 4.78 is 26.1. The number of allylic oxidation sites excluding steroid dienone is 1. The van der Waals surface area contributed by atoms with Crippen LogP contribution in [0.2, 0.25) is 0 Å². The van der Waals surface area contributed by atoms with Crippen molar-refractivity contribution >= 4 is 15.6 Å². The monoisotopic (exact) mass is 374 g/mol. The maximum Gasteiger partial charge on any atom is 0.157 e. The number of hydrogen-bond acceptors (Lipinski definition) is 3. The zero-order valence-corrected chi connectivity index (χ0v) is 16.8. The van der Waals surface area contributed by atoms with Gasteiger partial charge in [-0.1, -0.05) is 19.1 Å². The van der Waals surface area contributed by atoms with E-state index in [-0.39, 0.29) is 16.4 Å². The van der Waals surface area contributed by atoms with Crippen LogP contribution in [0.25, 0.3) is 0 Å². The van der Waals surface area contributed by atoms with Crippen molar-refractivity contribution in [1.82, 2.24) is 0 Å². The minimum Gasteiger partial charge on any atom is -0.295 e. The van der Waals surface area contributed by atoms with Gasteiger partial charge in [-0.2, -0.15) is 0 Å². The lowest BCUT2D eigenvalue weighted by Gasteiger charge is -2.57. The molecule has 4 unspecified atom stereocenters. The topological polar surface area (TPSA) is 51.2 Å². The highest BCUT2D eigenvalue weighted by atomic mass is 32.2. The van der Waals surface area contributed by atoms with Crippen LogP contribution in [0.5, 0.6) is 0 Å². The van der Waals surface area contributed by atoms with Crippen LogP contribution in [0.1, 0.15) is 58.8 Å². The van der Waals surface area contributed by atoms with Crippen molar-refractivity contribution in [3.8, 4) is 0 Å². The van der Waals surface area contributed by atoms with Gasteiger partial charge >= 0.3 is 0 Å². The van der Waals surface area contributed by atoms with Gasteiger partial charge in [0.25, 0.3) is 0 Å². The van der Waals surface area contributed by atoms with Crippen LogP contribution >= 0.6 is 0 Å². The van der Waals surface area contributed by atoms with Crippen LogP contribution in [-0.4, -0.2) is 25.2 Å². The van der Waals surface area contributed by atoms with Gasteiger partial charge in [-0.15, -0.1) is 0 Å². The third-order valence-electron chi connectivity index (χ3n) is 9.18. The molecule has 3 saturated carbocycles. The van der Waals surface area contributed by atoms with E-state index in [1.807, 2.05) is 0 Å². The summed E-state index contributed by atoms with van der Waals surface area (Å²) in [6.45, 7) is 8.89. The highest BCUT2D eigenvalue weighted by molar-refractivity contribution is 7.92. The standard InChI is InChI=1S/C22H30O3S/c1-13(2)16-4-5-17-15-11-20-19-10-14(23)6-9-22(19,12-26(20,24)25)18(15)7-8-21(16,17)3/h10,15-18,20H,1,4-9,11-12H2,2-3H3/t15?,16?,17?,18?,20-,21-,22+/m1/s1. The molecule has 5 aliphatic rings. The molecule has 0 spiro atoms. The van der Waals surface area contributed by atoms with E-state index < -0.39 is 9.84 Å². The molecule has 5 rings (SSSR count). The maximum absolute atomic E-state index is 13.0. The molecule has 0 amide bonds. The average molecular weight is 375 g/mol. The largest absolute Gasteiger partial charge is 0.295 e. The number of ketones is 1. The molecule has 0 aromatic rings. The summed E-state index contributed by atoms with van der Waals surface area (Å²) in [5, 5.41) is -0.376. The zero-order valence-electron chi connectivity index (χ0n) is 16.0. The lowest BCUT2D eigenvalue weighted by molar-refractivity contribution is -0.117. The lowest BCUT2D eigenvalue weighted by Crippen LogP contribution is -2.52. The Morgan fingerprint density at radius 3 is 2.69 bits per heavy atom. The summed E-state index contributed by atoms with van der Waals surface area (Å²) in [4.78, 5) is 12.1. The van der Waals surface area contributed by atoms with Gasteiger partial charge in [0, 0.05) is 11.8 Å². The molecule has 0 aromatic carbocycles. The predicted molar refractivity (Wildman–Crippen MR) is 102 cm³/mol. The molecule has 4 heteroatoms. The Hall–Kier alpha value is -0.900. The first-order valence-corrected chi connectivity index (χ1v) is 12.0. The predicted octanol–water partition coefficient (Wildman–Crippen LogP) is 4.10. The van der Waals surface area contributed by atoms with Gasteiger partial charge in [-0.3, -0.25) is 4.79 Å². The van der Waals surface area contributed by atoms with E-state index >= 15 is 0 Å². The van der Waals surface area contributed by atoms with E-state index in [1.165, 1.54) is 24.8 Å². The summed E-state index contributed by atoms with van der Waals surface area (Å²) >= 11 is 0. The Labute approximate surface area is 157 Å². The molecule has 1 aliphatic heterocycles. The second kappa shape index (κ2) is 5.12. The van der Waals surface area contributed by atoms with E-state index in [0.29, 0.717) is 41.3 Å². The Morgan fingerprint density at radius 2 is 1.96 bits per heavy atom. The van der Waals surface area contributed by atoms with E-state index in [2.05, 4.69) is 20.4 Å². The van der Waals surface area contributed by atoms with Crippen molar-refractivity contribution < 1.29 is 13.2 Å². The van der Waals surface area contributed by atoms with Crippen LogP contribution in [-0.2, 0) is 14.6 Å². The quantitative estimate of drug-likeness (QED) is 0.649. The molecule has 0 N–H and O–H groups in total. The van der Waals surface area contributed by atoms with Gasteiger partial charge < -0.3 is 0 Å². The van der Waals surface area contributed by atoms with Crippen molar-refractivity contribution in [3.63, 3.8) is 0 Å². The Bertz CT molecular complexity index is 837. The third kappa shape index (κ3) is 1.95. The molecule has 1 heterocycles. The first-order valence-electron chi connectivity index (χ1n) is 10.3. The highest BCUT2D eigenvalue weighted by Crippen LogP contribution is 2.70. The van der Waals surface area contributed by atoms with Crippen LogP contribution < -0.4 is 0 Å². The number of sulfone groups is 1. The van der Waals surface area contributed by atoms with Gasteiger partial charge in [0.1, 0.15) is 0 Å². The van der Waals surface area contributed by atoms with Crippen molar-refractivity contribution in [3.05, 3.63) is 23.8 Å². The minimum atomic E-state index is -3.11. The molecule has 0 radical (unpaired) electrons. The SMILES string of the molecule is C=C(C)C1CCC2C3C[C@@H]4C5=CC(=O)CC[C@]5(CS4(=O)=O)C3CC[C@]12C. The molecule has 0 aromatic heterocycles. The molecule has 26 heavy (non-hydrogen) atoms. The number of rotatable bonds is 1. The van der Waals surface area contributed by atoms with E-state index in [1.54, 1.807) is 6.08 Å². The Kier molecular flexibility index (Phi) is 3.39. The minimum absolute atomic E-state index is 0.139. The molecule has 4 fully saturated rings. The summed E-state index contributed by atoms with van der Waals surface area (Å²) in [5.41, 5.74) is 2.39. The molecule has 7 atom stereocenters. The lowest BCUT2D eigenvalue weighted by atomic mass is 9.46. The average Bonchev–Trinajstić information content (AvgIpc) is 2.98. The van der Waals surface area contributed by atoms with E-state index in [9.17, 15) is 13.2 Å². The van der Waals surface area contributed by atoms with E-state index in [4.69, 9.17) is 0 Å². The van der Waals surface area contributed by atoms with Crippen molar-refractivity contribution in [2.45, 2.75) is 64.0 Å². The van der Waals surface area contributed by atoms with Gasteiger partial charge in [-0.05, 0) is 86.2 Å².